The van der Waals surface area contributed by atoms with Crippen LogP contribution in [0.2, 0.25) is 5.02 Å². The molecule has 0 bridgehead atoms. The molecule has 0 radical (unpaired) electrons. The molecule has 29 heavy (non-hydrogen) atoms. The fourth-order valence-electron chi connectivity index (χ4n) is 2.67. The Bertz CT molecular complexity index is 1150. The smallest absolute Gasteiger partial charge is 0.261 e. The van der Waals surface area contributed by atoms with Crippen LogP contribution in [0.5, 0.6) is 5.75 Å². The Morgan fingerprint density at radius 3 is 2.34 bits per heavy atom. The molecule has 6 nitrogen and oxygen atoms in total. The van der Waals surface area contributed by atoms with E-state index in [4.69, 9.17) is 16.3 Å². The van der Waals surface area contributed by atoms with Crippen molar-refractivity contribution >= 4 is 38.9 Å². The molecule has 0 heterocycles. The van der Waals surface area contributed by atoms with Crippen LogP contribution >= 0.6 is 11.6 Å². The molecular weight excluding hydrogens is 412 g/mol. The number of amides is 1. The van der Waals surface area contributed by atoms with Gasteiger partial charge in [0.15, 0.2) is 0 Å². The van der Waals surface area contributed by atoms with E-state index in [0.717, 1.165) is 0 Å². The second-order valence-corrected chi connectivity index (χ2v) is 8.34. The van der Waals surface area contributed by atoms with Gasteiger partial charge in [0.05, 0.1) is 22.7 Å². The van der Waals surface area contributed by atoms with Crippen molar-refractivity contribution < 1.29 is 17.9 Å². The monoisotopic (exact) mass is 430 g/mol. The number of carbonyl (C=O) groups is 1. The Morgan fingerprint density at radius 1 is 1.00 bits per heavy atom. The number of hydrogen-bond donors (Lipinski definition) is 2. The van der Waals surface area contributed by atoms with Crippen molar-refractivity contribution in [3.05, 3.63) is 82.9 Å². The van der Waals surface area contributed by atoms with Crippen molar-refractivity contribution in [2.24, 2.45) is 0 Å². The second kappa shape index (κ2) is 8.55. The molecule has 3 aromatic carbocycles. The number of aryl methyl sites for hydroxylation is 1. The Kier molecular flexibility index (Phi) is 6.10. The molecule has 0 fully saturated rings. The molecule has 2 N–H and O–H groups in total. The van der Waals surface area contributed by atoms with Gasteiger partial charge in [-0.2, -0.15) is 0 Å². The van der Waals surface area contributed by atoms with Crippen LogP contribution in [0.15, 0.2) is 71.6 Å². The van der Waals surface area contributed by atoms with Gasteiger partial charge in [-0.25, -0.2) is 8.42 Å². The summed E-state index contributed by atoms with van der Waals surface area (Å²) in [6, 6.07) is 17.7. The van der Waals surface area contributed by atoms with Crippen molar-refractivity contribution in [2.75, 3.05) is 17.1 Å². The van der Waals surface area contributed by atoms with Crippen LogP contribution < -0.4 is 14.8 Å². The zero-order valence-corrected chi connectivity index (χ0v) is 17.3. The molecule has 0 saturated heterocycles. The van der Waals surface area contributed by atoms with Crippen LogP contribution in [-0.2, 0) is 10.0 Å². The Labute approximate surface area is 174 Å². The number of halogens is 1. The molecule has 8 heteroatoms. The van der Waals surface area contributed by atoms with E-state index in [1.807, 2.05) is 0 Å². The molecule has 150 valence electrons. The minimum Gasteiger partial charge on any atom is -0.495 e. The van der Waals surface area contributed by atoms with Crippen molar-refractivity contribution in [3.8, 4) is 5.75 Å². The van der Waals surface area contributed by atoms with Gasteiger partial charge in [-0.05, 0) is 61.0 Å². The first-order chi connectivity index (χ1) is 13.8. The van der Waals surface area contributed by atoms with Gasteiger partial charge in [0.1, 0.15) is 5.75 Å². The van der Waals surface area contributed by atoms with Gasteiger partial charge in [-0.3, -0.25) is 9.52 Å². The van der Waals surface area contributed by atoms with Crippen molar-refractivity contribution in [2.45, 2.75) is 11.8 Å². The number of rotatable bonds is 6. The highest BCUT2D eigenvalue weighted by Crippen LogP contribution is 2.28. The first-order valence-electron chi connectivity index (χ1n) is 8.63. The van der Waals surface area contributed by atoms with E-state index in [9.17, 15) is 13.2 Å². The van der Waals surface area contributed by atoms with E-state index >= 15 is 0 Å². The number of nitrogens with one attached hydrogen (secondary N) is 2. The van der Waals surface area contributed by atoms with E-state index in [-0.39, 0.29) is 10.8 Å². The average molecular weight is 431 g/mol. The summed E-state index contributed by atoms with van der Waals surface area (Å²) in [5, 5.41) is 3.14. The van der Waals surface area contributed by atoms with Gasteiger partial charge in [-0.1, -0.05) is 29.8 Å². The summed E-state index contributed by atoms with van der Waals surface area (Å²) in [5.41, 5.74) is 1.92. The number of carbonyl (C=O) groups excluding carboxylic acids is 1. The number of ether oxygens (including phenoxy) is 1. The average Bonchev–Trinajstić information content (AvgIpc) is 2.70. The van der Waals surface area contributed by atoms with Crippen LogP contribution in [0, 0.1) is 6.92 Å². The van der Waals surface area contributed by atoms with Gasteiger partial charge in [0.25, 0.3) is 15.9 Å². The first kappa shape index (κ1) is 20.7. The van der Waals surface area contributed by atoms with Crippen LogP contribution in [-0.4, -0.2) is 21.4 Å². The highest BCUT2D eigenvalue weighted by Gasteiger charge is 2.16. The lowest BCUT2D eigenvalue weighted by molar-refractivity contribution is 0.102. The van der Waals surface area contributed by atoms with Gasteiger partial charge in [0, 0.05) is 11.3 Å². The fourth-order valence-corrected chi connectivity index (χ4v) is 4.08. The maximum absolute atomic E-state index is 12.5. The van der Waals surface area contributed by atoms with E-state index in [2.05, 4.69) is 10.0 Å². The maximum Gasteiger partial charge on any atom is 0.261 e. The molecule has 0 aliphatic heterocycles. The summed E-state index contributed by atoms with van der Waals surface area (Å²) < 4.78 is 32.6. The highest BCUT2D eigenvalue weighted by atomic mass is 35.5. The summed E-state index contributed by atoms with van der Waals surface area (Å²) in [4.78, 5) is 12.7. The standard InChI is InChI=1S/C21H19ClN2O4S/c1-14-12-15(21(25)23-16-9-11-20(28-2)18(22)13-16)8-10-19(14)24-29(26,27)17-6-4-3-5-7-17/h3-13,24H,1-2H3,(H,23,25). The van der Waals surface area contributed by atoms with E-state index in [0.29, 0.717) is 33.3 Å². The largest absolute Gasteiger partial charge is 0.495 e. The number of sulfonamides is 1. The van der Waals surface area contributed by atoms with Crippen LogP contribution in [0.4, 0.5) is 11.4 Å². The molecule has 0 aromatic heterocycles. The quantitative estimate of drug-likeness (QED) is 0.593. The SMILES string of the molecule is COc1ccc(NC(=O)c2ccc(NS(=O)(=O)c3ccccc3)c(C)c2)cc1Cl. The number of methoxy groups -OCH3 is 1. The van der Waals surface area contributed by atoms with Crippen molar-refractivity contribution in [1.82, 2.24) is 0 Å². The molecule has 1 amide bonds. The predicted octanol–water partition coefficient (Wildman–Crippen LogP) is 4.71. The third kappa shape index (κ3) is 4.88. The minimum atomic E-state index is -3.71. The summed E-state index contributed by atoms with van der Waals surface area (Å²) in [5.74, 6) is 0.169. The maximum atomic E-state index is 12.5. The number of anilines is 2. The lowest BCUT2D eigenvalue weighted by atomic mass is 10.1. The zero-order valence-electron chi connectivity index (χ0n) is 15.8. The second-order valence-electron chi connectivity index (χ2n) is 6.25. The normalized spacial score (nSPS) is 11.0. The van der Waals surface area contributed by atoms with Crippen molar-refractivity contribution in [1.29, 1.82) is 0 Å². The van der Waals surface area contributed by atoms with E-state index < -0.39 is 10.0 Å². The molecule has 0 spiro atoms. The predicted molar refractivity (Wildman–Crippen MR) is 114 cm³/mol. The third-order valence-electron chi connectivity index (χ3n) is 4.20. The molecule has 3 rings (SSSR count). The van der Waals surface area contributed by atoms with Gasteiger partial charge in [-0.15, -0.1) is 0 Å². The molecule has 0 aliphatic carbocycles. The lowest BCUT2D eigenvalue weighted by Gasteiger charge is -2.12. The molecule has 0 atom stereocenters. The van der Waals surface area contributed by atoms with E-state index in [1.54, 1.807) is 61.5 Å². The fraction of sp³-hybridized carbons (Fsp3) is 0.0952. The summed E-state index contributed by atoms with van der Waals surface area (Å²) >= 11 is 6.08. The van der Waals surface area contributed by atoms with E-state index in [1.165, 1.54) is 19.2 Å². The van der Waals surface area contributed by atoms with Crippen molar-refractivity contribution in [3.63, 3.8) is 0 Å². The summed E-state index contributed by atoms with van der Waals surface area (Å²) in [7, 11) is -2.20. The number of benzene rings is 3. The van der Waals surface area contributed by atoms with Gasteiger partial charge >= 0.3 is 0 Å². The van der Waals surface area contributed by atoms with Crippen LogP contribution in [0.25, 0.3) is 0 Å². The molecular formula is C21H19ClN2O4S. The Morgan fingerprint density at radius 2 is 1.72 bits per heavy atom. The highest BCUT2D eigenvalue weighted by molar-refractivity contribution is 7.92. The molecule has 3 aromatic rings. The minimum absolute atomic E-state index is 0.164. The van der Waals surface area contributed by atoms with Crippen LogP contribution in [0.3, 0.4) is 0 Å². The molecule has 0 unspecified atom stereocenters. The summed E-state index contributed by atoms with van der Waals surface area (Å²) in [6.45, 7) is 1.73. The third-order valence-corrected chi connectivity index (χ3v) is 5.87. The topological polar surface area (TPSA) is 84.5 Å². The Balaban J connectivity index is 1.77. The molecule has 0 saturated carbocycles. The Hall–Kier alpha value is -3.03. The lowest BCUT2D eigenvalue weighted by Crippen LogP contribution is -2.15. The number of hydrogen-bond acceptors (Lipinski definition) is 4. The summed E-state index contributed by atoms with van der Waals surface area (Å²) in [6.07, 6.45) is 0. The zero-order chi connectivity index (χ0) is 21.0. The molecule has 0 aliphatic rings. The first-order valence-corrected chi connectivity index (χ1v) is 10.5. The van der Waals surface area contributed by atoms with Crippen LogP contribution in [0.1, 0.15) is 15.9 Å². The van der Waals surface area contributed by atoms with Gasteiger partial charge < -0.3 is 10.1 Å². The van der Waals surface area contributed by atoms with Gasteiger partial charge in [0.2, 0.25) is 0 Å².